The van der Waals surface area contributed by atoms with E-state index in [2.05, 4.69) is 21.4 Å². The third-order valence-corrected chi connectivity index (χ3v) is 4.17. The van der Waals surface area contributed by atoms with Gasteiger partial charge in [-0.2, -0.15) is 0 Å². The molecule has 2 aliphatic rings. The van der Waals surface area contributed by atoms with Gasteiger partial charge >= 0.3 is 0 Å². The van der Waals surface area contributed by atoms with Crippen LogP contribution < -0.4 is 5.32 Å². The normalized spacial score (nSPS) is 26.5. The van der Waals surface area contributed by atoms with E-state index in [1.807, 2.05) is 32.9 Å². The van der Waals surface area contributed by atoms with Crippen LogP contribution in [0.15, 0.2) is 23.2 Å². The van der Waals surface area contributed by atoms with Crippen molar-refractivity contribution < 1.29 is 4.79 Å². The number of hydrogen-bond acceptors (Lipinski definition) is 3. The zero-order chi connectivity index (χ0) is 13.6. The molecule has 1 aromatic rings. The van der Waals surface area contributed by atoms with E-state index >= 15 is 0 Å². The molecule has 1 N–H and O–H groups in total. The first kappa shape index (κ1) is 12.3. The Bertz CT molecular complexity index is 560. The summed E-state index contributed by atoms with van der Waals surface area (Å²) in [6.45, 7) is 5.91. The average molecular weight is 257 g/mol. The smallest absolute Gasteiger partial charge is 0.253 e. The summed E-state index contributed by atoms with van der Waals surface area (Å²) in [7, 11) is 0. The summed E-state index contributed by atoms with van der Waals surface area (Å²) in [6, 6.07) is 5.97. The van der Waals surface area contributed by atoms with Crippen LogP contribution in [0.25, 0.3) is 0 Å². The Hall–Kier alpha value is -1.71. The molecule has 1 saturated carbocycles. The SMILES string of the molecule is CC(C)C1(C)N=C(c2cccc(C3CC3)n2)NC1=O. The van der Waals surface area contributed by atoms with Gasteiger partial charge in [0, 0.05) is 11.6 Å². The summed E-state index contributed by atoms with van der Waals surface area (Å²) in [4.78, 5) is 21.3. The highest BCUT2D eigenvalue weighted by Crippen LogP contribution is 2.39. The maximum atomic E-state index is 12.1. The van der Waals surface area contributed by atoms with Crippen molar-refractivity contribution in [2.24, 2.45) is 10.9 Å². The second-order valence-electron chi connectivity index (χ2n) is 5.94. The molecule has 1 fully saturated rings. The summed E-state index contributed by atoms with van der Waals surface area (Å²) in [5, 5.41) is 2.88. The van der Waals surface area contributed by atoms with Crippen molar-refractivity contribution in [3.05, 3.63) is 29.6 Å². The first-order valence-corrected chi connectivity index (χ1v) is 6.89. The third-order valence-electron chi connectivity index (χ3n) is 4.17. The number of rotatable bonds is 3. The van der Waals surface area contributed by atoms with Crippen LogP contribution in [0.1, 0.15) is 50.9 Å². The van der Waals surface area contributed by atoms with Crippen molar-refractivity contribution in [3.8, 4) is 0 Å². The fraction of sp³-hybridized carbons (Fsp3) is 0.533. The van der Waals surface area contributed by atoms with E-state index in [1.165, 1.54) is 12.8 Å². The highest BCUT2D eigenvalue weighted by atomic mass is 16.2. The number of amides is 1. The Morgan fingerprint density at radius 1 is 1.37 bits per heavy atom. The zero-order valence-corrected chi connectivity index (χ0v) is 11.6. The number of nitrogens with one attached hydrogen (secondary N) is 1. The maximum Gasteiger partial charge on any atom is 0.253 e. The second kappa shape index (κ2) is 4.15. The minimum absolute atomic E-state index is 0.0314. The van der Waals surface area contributed by atoms with Gasteiger partial charge < -0.3 is 5.32 Å². The first-order chi connectivity index (χ1) is 9.00. The second-order valence-corrected chi connectivity index (χ2v) is 5.94. The molecule has 1 atom stereocenters. The molecule has 0 bridgehead atoms. The summed E-state index contributed by atoms with van der Waals surface area (Å²) in [6.07, 6.45) is 2.44. The van der Waals surface area contributed by atoms with E-state index < -0.39 is 5.54 Å². The van der Waals surface area contributed by atoms with Crippen LogP contribution >= 0.6 is 0 Å². The number of aromatic nitrogens is 1. The molecule has 3 rings (SSSR count). The molecule has 0 aromatic carbocycles. The van der Waals surface area contributed by atoms with Crippen LogP contribution in [0.4, 0.5) is 0 Å². The lowest BCUT2D eigenvalue weighted by Gasteiger charge is -2.21. The molecule has 0 saturated heterocycles. The third kappa shape index (κ3) is 2.05. The lowest BCUT2D eigenvalue weighted by Crippen LogP contribution is -2.41. The number of carbonyl (C=O) groups is 1. The summed E-state index contributed by atoms with van der Waals surface area (Å²) in [5.41, 5.74) is 1.22. The topological polar surface area (TPSA) is 54.4 Å². The standard InChI is InChI=1S/C15H19N3O/c1-9(2)15(3)14(19)17-13(18-15)12-6-4-5-11(16-12)10-7-8-10/h4-6,9-10H,7-8H2,1-3H3,(H,17,18,19). The van der Waals surface area contributed by atoms with E-state index in [-0.39, 0.29) is 11.8 Å². The van der Waals surface area contributed by atoms with Gasteiger partial charge in [0.25, 0.3) is 5.91 Å². The number of nitrogens with zero attached hydrogens (tertiary/aromatic N) is 2. The predicted molar refractivity (Wildman–Crippen MR) is 74.1 cm³/mol. The molecular formula is C15H19N3O. The number of carbonyl (C=O) groups excluding carboxylic acids is 1. The minimum Gasteiger partial charge on any atom is -0.307 e. The van der Waals surface area contributed by atoms with Gasteiger partial charge in [-0.3, -0.25) is 4.79 Å². The molecule has 2 heterocycles. The van der Waals surface area contributed by atoms with Crippen LogP contribution in [0.2, 0.25) is 0 Å². The molecule has 0 radical (unpaired) electrons. The molecule has 1 aromatic heterocycles. The molecule has 19 heavy (non-hydrogen) atoms. The van der Waals surface area contributed by atoms with Gasteiger partial charge in [-0.05, 0) is 37.8 Å². The number of hydrogen-bond donors (Lipinski definition) is 1. The van der Waals surface area contributed by atoms with Gasteiger partial charge in [0.05, 0.1) is 0 Å². The van der Waals surface area contributed by atoms with Gasteiger partial charge in [0.2, 0.25) is 0 Å². The Morgan fingerprint density at radius 3 is 2.68 bits per heavy atom. The molecule has 1 unspecified atom stereocenters. The average Bonchev–Trinajstić information content (AvgIpc) is 3.17. The summed E-state index contributed by atoms with van der Waals surface area (Å²) in [5.74, 6) is 1.35. The van der Waals surface area contributed by atoms with Crippen molar-refractivity contribution in [2.75, 3.05) is 0 Å². The molecule has 1 aliphatic heterocycles. The van der Waals surface area contributed by atoms with Gasteiger partial charge in [-0.15, -0.1) is 0 Å². The molecule has 4 nitrogen and oxygen atoms in total. The lowest BCUT2D eigenvalue weighted by atomic mass is 9.89. The molecular weight excluding hydrogens is 238 g/mol. The highest BCUT2D eigenvalue weighted by molar-refractivity contribution is 6.14. The minimum atomic E-state index is -0.674. The van der Waals surface area contributed by atoms with Crippen LogP contribution in [0.3, 0.4) is 0 Å². The molecule has 4 heteroatoms. The van der Waals surface area contributed by atoms with Crippen LogP contribution in [-0.4, -0.2) is 22.3 Å². The molecule has 0 spiro atoms. The largest absolute Gasteiger partial charge is 0.307 e. The Balaban J connectivity index is 1.94. The van der Waals surface area contributed by atoms with Gasteiger partial charge in [-0.1, -0.05) is 19.9 Å². The van der Waals surface area contributed by atoms with Gasteiger partial charge in [-0.25, -0.2) is 9.98 Å². The van der Waals surface area contributed by atoms with Crippen molar-refractivity contribution in [1.29, 1.82) is 0 Å². The first-order valence-electron chi connectivity index (χ1n) is 6.89. The number of amidine groups is 1. The van der Waals surface area contributed by atoms with Crippen LogP contribution in [0.5, 0.6) is 0 Å². The quantitative estimate of drug-likeness (QED) is 0.903. The number of aliphatic imine (C=N–C) groups is 1. The summed E-state index contributed by atoms with van der Waals surface area (Å²) < 4.78 is 0. The highest BCUT2D eigenvalue weighted by Gasteiger charge is 2.42. The van der Waals surface area contributed by atoms with E-state index in [0.717, 1.165) is 11.4 Å². The molecule has 1 aliphatic carbocycles. The lowest BCUT2D eigenvalue weighted by molar-refractivity contribution is -0.124. The van der Waals surface area contributed by atoms with Crippen molar-refractivity contribution >= 4 is 11.7 Å². The van der Waals surface area contributed by atoms with Crippen LogP contribution in [0, 0.1) is 5.92 Å². The Kier molecular flexibility index (Phi) is 2.69. The van der Waals surface area contributed by atoms with Crippen molar-refractivity contribution in [1.82, 2.24) is 10.3 Å². The van der Waals surface area contributed by atoms with Crippen LogP contribution in [-0.2, 0) is 4.79 Å². The van der Waals surface area contributed by atoms with Gasteiger partial charge in [0.15, 0.2) is 5.84 Å². The Labute approximate surface area is 113 Å². The monoisotopic (exact) mass is 257 g/mol. The summed E-state index contributed by atoms with van der Waals surface area (Å²) >= 11 is 0. The number of pyridine rings is 1. The Morgan fingerprint density at radius 2 is 2.11 bits per heavy atom. The predicted octanol–water partition coefficient (Wildman–Crippen LogP) is 2.25. The van der Waals surface area contributed by atoms with E-state index in [1.54, 1.807) is 0 Å². The van der Waals surface area contributed by atoms with E-state index in [9.17, 15) is 4.79 Å². The van der Waals surface area contributed by atoms with Crippen molar-refractivity contribution in [3.63, 3.8) is 0 Å². The van der Waals surface area contributed by atoms with E-state index in [4.69, 9.17) is 0 Å². The molecule has 1 amide bonds. The maximum absolute atomic E-state index is 12.1. The van der Waals surface area contributed by atoms with E-state index in [0.29, 0.717) is 11.8 Å². The fourth-order valence-electron chi connectivity index (χ4n) is 2.25. The van der Waals surface area contributed by atoms with Gasteiger partial charge in [0.1, 0.15) is 11.2 Å². The van der Waals surface area contributed by atoms with Crippen molar-refractivity contribution in [2.45, 2.75) is 45.1 Å². The molecule has 100 valence electrons. The fourth-order valence-corrected chi connectivity index (χ4v) is 2.25. The zero-order valence-electron chi connectivity index (χ0n) is 11.6.